The molecule has 0 saturated heterocycles. The summed E-state index contributed by atoms with van der Waals surface area (Å²) < 4.78 is 0. The highest BCUT2D eigenvalue weighted by molar-refractivity contribution is 5.87. The van der Waals surface area contributed by atoms with Crippen molar-refractivity contribution < 1.29 is 14.7 Å². The molecular formula is C9H18N2O3. The van der Waals surface area contributed by atoms with E-state index in [2.05, 4.69) is 0 Å². The van der Waals surface area contributed by atoms with Gasteiger partial charge in [0.2, 0.25) is 0 Å². The summed E-state index contributed by atoms with van der Waals surface area (Å²) in [6.45, 7) is 3.59. The van der Waals surface area contributed by atoms with Crippen LogP contribution in [0.25, 0.3) is 0 Å². The number of hydrogen-bond donors (Lipinski definition) is 3. The predicted molar refractivity (Wildman–Crippen MR) is 52.6 cm³/mol. The van der Waals surface area contributed by atoms with Crippen molar-refractivity contribution in [2.75, 3.05) is 6.54 Å². The largest absolute Gasteiger partial charge is 0.481 e. The van der Waals surface area contributed by atoms with Crippen LogP contribution in [0.2, 0.25) is 0 Å². The number of carbonyl (C=O) groups excluding carboxylic acids is 1. The molecule has 14 heavy (non-hydrogen) atoms. The van der Waals surface area contributed by atoms with Crippen LogP contribution in [0.4, 0.5) is 0 Å². The molecule has 0 radical (unpaired) electrons. The molecule has 0 aliphatic rings. The molecule has 0 aromatic rings. The molecule has 5 N–H and O–H groups in total. The minimum absolute atomic E-state index is 0.0363. The molecule has 0 bridgehead atoms. The highest BCUT2D eigenvalue weighted by Gasteiger charge is 2.26. The molecule has 0 fully saturated rings. The van der Waals surface area contributed by atoms with Crippen molar-refractivity contribution in [1.82, 2.24) is 0 Å². The van der Waals surface area contributed by atoms with Crippen LogP contribution in [-0.2, 0) is 9.59 Å². The lowest BCUT2D eigenvalue weighted by molar-refractivity contribution is -0.145. The van der Waals surface area contributed by atoms with E-state index < -0.39 is 17.9 Å². The number of carboxylic acid groups (broad SMARTS) is 1. The van der Waals surface area contributed by atoms with E-state index in [1.54, 1.807) is 13.8 Å². The molecule has 0 aliphatic carbocycles. The molecule has 5 heteroatoms. The summed E-state index contributed by atoms with van der Waals surface area (Å²) in [7, 11) is 0. The van der Waals surface area contributed by atoms with Gasteiger partial charge in [0.1, 0.15) is 0 Å². The first-order valence-electron chi connectivity index (χ1n) is 4.61. The fourth-order valence-electron chi connectivity index (χ4n) is 1.11. The maximum absolute atomic E-state index is 11.3. The van der Waals surface area contributed by atoms with Gasteiger partial charge in [0, 0.05) is 13.0 Å². The van der Waals surface area contributed by atoms with E-state index in [-0.39, 0.29) is 24.7 Å². The van der Waals surface area contributed by atoms with Crippen molar-refractivity contribution >= 4 is 11.8 Å². The Labute approximate surface area is 83.5 Å². The number of rotatable bonds is 6. The maximum Gasteiger partial charge on any atom is 0.307 e. The quantitative estimate of drug-likeness (QED) is 0.542. The topological polar surface area (TPSA) is 106 Å². The average molecular weight is 202 g/mol. The van der Waals surface area contributed by atoms with Gasteiger partial charge >= 0.3 is 5.97 Å². The lowest BCUT2D eigenvalue weighted by atomic mass is 9.89. The van der Waals surface area contributed by atoms with E-state index in [9.17, 15) is 9.59 Å². The Kier molecular flexibility index (Phi) is 5.34. The van der Waals surface area contributed by atoms with Gasteiger partial charge < -0.3 is 16.6 Å². The Morgan fingerprint density at radius 3 is 2.14 bits per heavy atom. The number of carboxylic acids is 1. The number of aliphatic carboxylic acids is 1. The minimum Gasteiger partial charge on any atom is -0.481 e. The zero-order valence-electron chi connectivity index (χ0n) is 8.56. The van der Waals surface area contributed by atoms with Crippen LogP contribution in [-0.4, -0.2) is 29.4 Å². The van der Waals surface area contributed by atoms with Crippen molar-refractivity contribution in [3.8, 4) is 0 Å². The number of ketones is 1. The fourth-order valence-corrected chi connectivity index (χ4v) is 1.11. The van der Waals surface area contributed by atoms with Crippen LogP contribution in [0.3, 0.4) is 0 Å². The van der Waals surface area contributed by atoms with Crippen LogP contribution in [0.1, 0.15) is 20.3 Å². The summed E-state index contributed by atoms with van der Waals surface area (Å²) in [5, 5.41) is 8.82. The van der Waals surface area contributed by atoms with Crippen LogP contribution in [0.5, 0.6) is 0 Å². The van der Waals surface area contributed by atoms with Crippen molar-refractivity contribution in [2.45, 2.75) is 26.3 Å². The third kappa shape index (κ3) is 3.85. The highest BCUT2D eigenvalue weighted by atomic mass is 16.4. The SMILES string of the molecule is CC(C)[C@H](CC(=O)[C@@H](N)CN)C(=O)O. The van der Waals surface area contributed by atoms with Gasteiger partial charge in [0.15, 0.2) is 5.78 Å². The molecule has 0 aromatic heterocycles. The molecule has 0 aliphatic heterocycles. The summed E-state index contributed by atoms with van der Waals surface area (Å²) >= 11 is 0. The zero-order valence-corrected chi connectivity index (χ0v) is 8.56. The van der Waals surface area contributed by atoms with E-state index in [4.69, 9.17) is 16.6 Å². The first-order valence-corrected chi connectivity index (χ1v) is 4.61. The molecule has 0 saturated carbocycles. The summed E-state index contributed by atoms with van der Waals surface area (Å²) in [4.78, 5) is 22.1. The summed E-state index contributed by atoms with van der Waals surface area (Å²) in [5.41, 5.74) is 10.6. The summed E-state index contributed by atoms with van der Waals surface area (Å²) in [6.07, 6.45) is -0.0363. The third-order valence-corrected chi connectivity index (χ3v) is 2.21. The standard InChI is InChI=1S/C9H18N2O3/c1-5(2)6(9(13)14)3-8(12)7(11)4-10/h5-7H,3-4,10-11H2,1-2H3,(H,13,14)/t6-,7-/m0/s1. The van der Waals surface area contributed by atoms with E-state index in [1.165, 1.54) is 0 Å². The number of carbonyl (C=O) groups is 2. The van der Waals surface area contributed by atoms with Gasteiger partial charge in [-0.05, 0) is 5.92 Å². The Morgan fingerprint density at radius 1 is 1.36 bits per heavy atom. The van der Waals surface area contributed by atoms with Gasteiger partial charge in [0.05, 0.1) is 12.0 Å². The minimum atomic E-state index is -0.961. The summed E-state index contributed by atoms with van der Waals surface area (Å²) in [6, 6.07) is -0.740. The van der Waals surface area contributed by atoms with Gasteiger partial charge in [-0.2, -0.15) is 0 Å². The van der Waals surface area contributed by atoms with Crippen LogP contribution in [0, 0.1) is 11.8 Å². The van der Waals surface area contributed by atoms with Crippen molar-refractivity contribution in [3.05, 3.63) is 0 Å². The van der Waals surface area contributed by atoms with Crippen LogP contribution in [0.15, 0.2) is 0 Å². The van der Waals surface area contributed by atoms with Gasteiger partial charge in [-0.15, -0.1) is 0 Å². The monoisotopic (exact) mass is 202 g/mol. The van der Waals surface area contributed by atoms with Crippen LogP contribution < -0.4 is 11.5 Å². The molecular weight excluding hydrogens is 184 g/mol. The Morgan fingerprint density at radius 2 is 1.86 bits per heavy atom. The lowest BCUT2D eigenvalue weighted by Crippen LogP contribution is -2.40. The maximum atomic E-state index is 11.3. The van der Waals surface area contributed by atoms with Crippen LogP contribution >= 0.6 is 0 Å². The number of Topliss-reactive ketones (excluding diaryl/α,β-unsaturated/α-hetero) is 1. The van der Waals surface area contributed by atoms with E-state index in [0.29, 0.717) is 0 Å². The van der Waals surface area contributed by atoms with E-state index in [0.717, 1.165) is 0 Å². The second-order valence-corrected chi connectivity index (χ2v) is 3.70. The predicted octanol–water partition coefficient (Wildman–Crippen LogP) is -0.412. The van der Waals surface area contributed by atoms with Crippen molar-refractivity contribution in [2.24, 2.45) is 23.3 Å². The van der Waals surface area contributed by atoms with Gasteiger partial charge in [-0.25, -0.2) is 0 Å². The van der Waals surface area contributed by atoms with Crippen molar-refractivity contribution in [3.63, 3.8) is 0 Å². The van der Waals surface area contributed by atoms with E-state index >= 15 is 0 Å². The molecule has 82 valence electrons. The normalized spacial score (nSPS) is 15.2. The molecule has 0 rings (SSSR count). The fraction of sp³-hybridized carbons (Fsp3) is 0.778. The van der Waals surface area contributed by atoms with Crippen molar-refractivity contribution in [1.29, 1.82) is 0 Å². The van der Waals surface area contributed by atoms with E-state index in [1.807, 2.05) is 0 Å². The first kappa shape index (κ1) is 13.1. The number of hydrogen-bond acceptors (Lipinski definition) is 4. The number of nitrogens with two attached hydrogens (primary N) is 2. The average Bonchev–Trinajstić information content (AvgIpc) is 2.11. The molecule has 0 aromatic carbocycles. The molecule has 0 amide bonds. The lowest BCUT2D eigenvalue weighted by Gasteiger charge is -2.16. The Balaban J connectivity index is 4.31. The third-order valence-electron chi connectivity index (χ3n) is 2.21. The molecule has 0 spiro atoms. The second-order valence-electron chi connectivity index (χ2n) is 3.70. The zero-order chi connectivity index (χ0) is 11.3. The Hall–Kier alpha value is -0.940. The Bertz CT molecular complexity index is 216. The molecule has 2 atom stereocenters. The van der Waals surface area contributed by atoms with Gasteiger partial charge in [-0.1, -0.05) is 13.8 Å². The summed E-state index contributed by atoms with van der Waals surface area (Å²) in [5.74, 6) is -1.99. The molecule has 0 heterocycles. The van der Waals surface area contributed by atoms with Gasteiger partial charge in [0.25, 0.3) is 0 Å². The highest BCUT2D eigenvalue weighted by Crippen LogP contribution is 2.16. The molecule has 5 nitrogen and oxygen atoms in total. The second kappa shape index (κ2) is 5.72. The van der Waals surface area contributed by atoms with Gasteiger partial charge in [-0.3, -0.25) is 9.59 Å². The first-order chi connectivity index (χ1) is 6.40. The smallest absolute Gasteiger partial charge is 0.307 e. The molecule has 0 unspecified atom stereocenters.